The summed E-state index contributed by atoms with van der Waals surface area (Å²) in [5.74, 6) is 3.52. The minimum atomic E-state index is 0.297. The highest BCUT2D eigenvalue weighted by Gasteiger charge is 2.23. The van der Waals surface area contributed by atoms with Crippen molar-refractivity contribution in [1.29, 1.82) is 0 Å². The molecule has 0 aromatic heterocycles. The van der Waals surface area contributed by atoms with Gasteiger partial charge in [-0.15, -0.1) is 0 Å². The zero-order valence-corrected chi connectivity index (χ0v) is 17.1. The molecule has 5 nitrogen and oxygen atoms in total. The van der Waals surface area contributed by atoms with Gasteiger partial charge in [-0.2, -0.15) is 0 Å². The molecule has 1 atom stereocenters. The number of nitrogens with two attached hydrogens (primary N) is 1. The largest absolute Gasteiger partial charge is 0.489 e. The molecule has 2 aliphatic heterocycles. The Labute approximate surface area is 170 Å². The second kappa shape index (κ2) is 8.50. The summed E-state index contributed by atoms with van der Waals surface area (Å²) in [6.45, 7) is 7.77. The van der Waals surface area contributed by atoms with E-state index in [1.165, 1.54) is 5.56 Å². The van der Waals surface area contributed by atoms with Gasteiger partial charge in [0.15, 0.2) is 23.0 Å². The van der Waals surface area contributed by atoms with Crippen LogP contribution in [0.1, 0.15) is 37.4 Å². The van der Waals surface area contributed by atoms with Crippen molar-refractivity contribution in [3.05, 3.63) is 46.5 Å². The van der Waals surface area contributed by atoms with Crippen molar-refractivity contribution in [2.75, 3.05) is 26.4 Å². The molecule has 0 unspecified atom stereocenters. The summed E-state index contributed by atoms with van der Waals surface area (Å²) in [5.41, 5.74) is 2.36. The molecule has 2 heterocycles. The quantitative estimate of drug-likeness (QED) is 0.824. The van der Waals surface area contributed by atoms with Gasteiger partial charge in [-0.1, -0.05) is 25.4 Å². The van der Waals surface area contributed by atoms with Crippen LogP contribution in [0.25, 0.3) is 0 Å². The molecule has 2 aromatic carbocycles. The van der Waals surface area contributed by atoms with E-state index in [1.54, 1.807) is 0 Å². The van der Waals surface area contributed by atoms with Crippen LogP contribution in [0.4, 0.5) is 0 Å². The highest BCUT2D eigenvalue weighted by molar-refractivity contribution is 6.32. The van der Waals surface area contributed by atoms with Crippen LogP contribution in [-0.4, -0.2) is 26.4 Å². The van der Waals surface area contributed by atoms with Gasteiger partial charge < -0.3 is 24.3 Å². The molecule has 150 valence electrons. The van der Waals surface area contributed by atoms with E-state index in [0.29, 0.717) is 49.2 Å². The predicted octanol–water partition coefficient (Wildman–Crippen LogP) is 3.73. The van der Waals surface area contributed by atoms with E-state index in [0.717, 1.165) is 35.8 Å². The highest BCUT2D eigenvalue weighted by Crippen LogP contribution is 2.38. The lowest BCUT2D eigenvalue weighted by Crippen LogP contribution is -2.84. The van der Waals surface area contributed by atoms with Gasteiger partial charge >= 0.3 is 0 Å². The van der Waals surface area contributed by atoms with Gasteiger partial charge in [0.25, 0.3) is 0 Å². The van der Waals surface area contributed by atoms with Crippen LogP contribution >= 0.6 is 11.6 Å². The summed E-state index contributed by atoms with van der Waals surface area (Å²) in [4.78, 5) is 0. The number of hydrogen-bond donors (Lipinski definition) is 1. The van der Waals surface area contributed by atoms with E-state index in [2.05, 4.69) is 31.3 Å². The van der Waals surface area contributed by atoms with E-state index < -0.39 is 0 Å². The van der Waals surface area contributed by atoms with Crippen LogP contribution in [0, 0.1) is 5.92 Å². The number of quaternary nitrogens is 1. The Morgan fingerprint density at radius 2 is 1.64 bits per heavy atom. The molecule has 2 N–H and O–H groups in total. The molecule has 0 radical (unpaired) electrons. The summed E-state index contributed by atoms with van der Waals surface area (Å²) in [5, 5.41) is 2.95. The van der Waals surface area contributed by atoms with E-state index in [4.69, 9.17) is 30.5 Å². The first-order valence-electron chi connectivity index (χ1n) is 9.92. The van der Waals surface area contributed by atoms with Gasteiger partial charge in [0.2, 0.25) is 0 Å². The van der Waals surface area contributed by atoms with Crippen LogP contribution in [0.5, 0.6) is 23.0 Å². The lowest BCUT2D eigenvalue weighted by atomic mass is 9.95. The lowest BCUT2D eigenvalue weighted by Gasteiger charge is -2.23. The lowest BCUT2D eigenvalue weighted by molar-refractivity contribution is -0.717. The van der Waals surface area contributed by atoms with Crippen molar-refractivity contribution in [3.63, 3.8) is 0 Å². The monoisotopic (exact) mass is 404 g/mol. The van der Waals surface area contributed by atoms with Crippen molar-refractivity contribution < 1.29 is 24.3 Å². The Morgan fingerprint density at radius 1 is 0.893 bits per heavy atom. The molecule has 0 aliphatic carbocycles. The Balaban J connectivity index is 1.52. The molecule has 0 fully saturated rings. The zero-order valence-electron chi connectivity index (χ0n) is 16.4. The number of hydrogen-bond acceptors (Lipinski definition) is 4. The maximum Gasteiger partial charge on any atom is 0.179 e. The van der Waals surface area contributed by atoms with Gasteiger partial charge in [-0.3, -0.25) is 0 Å². The average molecular weight is 405 g/mol. The highest BCUT2D eigenvalue weighted by atomic mass is 35.5. The summed E-state index contributed by atoms with van der Waals surface area (Å²) >= 11 is 6.44. The van der Waals surface area contributed by atoms with Crippen LogP contribution in [0.2, 0.25) is 5.02 Å². The van der Waals surface area contributed by atoms with Crippen molar-refractivity contribution in [2.24, 2.45) is 5.92 Å². The fraction of sp³-hybridized carbons (Fsp3) is 0.455. The number of fused-ring (bicyclic) bond motifs is 2. The van der Waals surface area contributed by atoms with Gasteiger partial charge in [0.1, 0.15) is 25.8 Å². The fourth-order valence-electron chi connectivity index (χ4n) is 3.73. The second-order valence-electron chi connectivity index (χ2n) is 7.57. The first-order chi connectivity index (χ1) is 13.6. The first kappa shape index (κ1) is 19.2. The van der Waals surface area contributed by atoms with Crippen molar-refractivity contribution >= 4 is 11.6 Å². The van der Waals surface area contributed by atoms with Crippen molar-refractivity contribution in [3.8, 4) is 23.0 Å². The maximum atomic E-state index is 6.44. The van der Waals surface area contributed by atoms with Crippen LogP contribution < -0.4 is 24.3 Å². The molecule has 0 saturated heterocycles. The molecule has 0 saturated carbocycles. The third-order valence-electron chi connectivity index (χ3n) is 5.14. The molecule has 0 bridgehead atoms. The molecule has 4 rings (SSSR count). The first-order valence-corrected chi connectivity index (χ1v) is 10.3. The number of rotatable bonds is 5. The standard InChI is InChI=1S/C22H26ClNO4/c1-14(2)21(16-4-5-18-19(12-16)27-9-8-26-18)24-13-15-10-17(23)22-20(11-15)25-6-3-7-28-22/h4-5,10-12,14,21,24H,3,6-9,13H2,1-2H3/p+1/t21-/m0/s1. The Kier molecular flexibility index (Phi) is 5.83. The Bertz CT molecular complexity index is 840. The summed E-state index contributed by atoms with van der Waals surface area (Å²) in [6.07, 6.45) is 0.867. The summed E-state index contributed by atoms with van der Waals surface area (Å²) in [6, 6.07) is 10.6. The van der Waals surface area contributed by atoms with Crippen LogP contribution in [0.3, 0.4) is 0 Å². The third-order valence-corrected chi connectivity index (χ3v) is 5.42. The number of ether oxygens (including phenoxy) is 4. The predicted molar refractivity (Wildman–Crippen MR) is 108 cm³/mol. The fourth-order valence-corrected chi connectivity index (χ4v) is 4.01. The summed E-state index contributed by atoms with van der Waals surface area (Å²) < 4.78 is 23.0. The van der Waals surface area contributed by atoms with E-state index in [9.17, 15) is 0 Å². The smallest absolute Gasteiger partial charge is 0.179 e. The summed E-state index contributed by atoms with van der Waals surface area (Å²) in [7, 11) is 0. The van der Waals surface area contributed by atoms with E-state index in [1.807, 2.05) is 18.2 Å². The molecular weight excluding hydrogens is 378 g/mol. The van der Waals surface area contributed by atoms with Gasteiger partial charge in [-0.05, 0) is 30.3 Å². The van der Waals surface area contributed by atoms with Crippen LogP contribution in [-0.2, 0) is 6.54 Å². The molecule has 28 heavy (non-hydrogen) atoms. The van der Waals surface area contributed by atoms with E-state index in [-0.39, 0.29) is 0 Å². The SMILES string of the molecule is CC(C)[C@H]([NH2+]Cc1cc(Cl)c2c(c1)OCCCO2)c1ccc2c(c1)OCCO2. The minimum Gasteiger partial charge on any atom is -0.489 e. The van der Waals surface area contributed by atoms with Crippen molar-refractivity contribution in [1.82, 2.24) is 0 Å². The maximum absolute atomic E-state index is 6.44. The third kappa shape index (κ3) is 4.15. The normalized spacial score (nSPS) is 16.6. The second-order valence-corrected chi connectivity index (χ2v) is 7.98. The zero-order chi connectivity index (χ0) is 19.5. The molecule has 2 aliphatic rings. The molecule has 6 heteroatoms. The van der Waals surface area contributed by atoms with E-state index >= 15 is 0 Å². The van der Waals surface area contributed by atoms with Gasteiger partial charge in [-0.25, -0.2) is 0 Å². The van der Waals surface area contributed by atoms with Gasteiger partial charge in [0, 0.05) is 23.5 Å². The molecule has 0 amide bonds. The number of benzene rings is 2. The van der Waals surface area contributed by atoms with Gasteiger partial charge in [0.05, 0.1) is 18.2 Å². The molecular formula is C22H27ClNO4+. The topological polar surface area (TPSA) is 53.5 Å². The molecule has 0 spiro atoms. The van der Waals surface area contributed by atoms with Crippen molar-refractivity contribution in [2.45, 2.75) is 32.9 Å². The van der Waals surface area contributed by atoms with Crippen LogP contribution in [0.15, 0.2) is 30.3 Å². The minimum absolute atomic E-state index is 0.297. The average Bonchev–Trinajstić information content (AvgIpc) is 2.94. The molecule has 2 aromatic rings. The Hall–Kier alpha value is -2.11. The number of halogens is 1. The Morgan fingerprint density at radius 3 is 2.46 bits per heavy atom.